The number of hydrogen-bond donors (Lipinski definition) is 1. The van der Waals surface area contributed by atoms with E-state index in [-0.39, 0.29) is 30.5 Å². The van der Waals surface area contributed by atoms with E-state index in [4.69, 9.17) is 37.9 Å². The second-order valence-corrected chi connectivity index (χ2v) is 15.3. The molecule has 2 aliphatic rings. The molecule has 0 aromatic heterocycles. The molecule has 1 N–H and O–H groups in total. The number of carbonyl (C=O) groups is 2. The van der Waals surface area contributed by atoms with E-state index in [1.54, 1.807) is 32.7 Å². The Kier molecular flexibility index (Phi) is 15.5. The van der Waals surface area contributed by atoms with Crippen LogP contribution in [0.25, 0.3) is 0 Å². The van der Waals surface area contributed by atoms with Gasteiger partial charge in [-0.1, -0.05) is 91.0 Å². The highest BCUT2D eigenvalue weighted by molar-refractivity contribution is 7.99. The molecule has 5 rings (SSSR count). The minimum atomic E-state index is -1.02. The van der Waals surface area contributed by atoms with E-state index >= 15 is 0 Å². The molecule has 2 heterocycles. The molecule has 2 saturated heterocycles. The van der Waals surface area contributed by atoms with E-state index in [0.717, 1.165) is 16.7 Å². The Morgan fingerprint density at radius 3 is 1.69 bits per heavy atom. The summed E-state index contributed by atoms with van der Waals surface area (Å²) in [6, 6.07) is 29.1. The van der Waals surface area contributed by atoms with Crippen molar-refractivity contribution >= 4 is 23.6 Å². The summed E-state index contributed by atoms with van der Waals surface area (Å²) in [6.45, 7) is 9.50. The molecule has 11 nitrogen and oxygen atoms in total. The molecule has 3 aromatic rings. The lowest BCUT2D eigenvalue weighted by molar-refractivity contribution is -0.333. The Morgan fingerprint density at radius 1 is 0.704 bits per heavy atom. The number of thioether (sulfide) groups is 1. The molecular formula is C42H55NO10S. The lowest BCUT2D eigenvalue weighted by Gasteiger charge is -2.49. The van der Waals surface area contributed by atoms with Crippen LogP contribution in [0.15, 0.2) is 91.0 Å². The zero-order valence-electron chi connectivity index (χ0n) is 32.3. The van der Waals surface area contributed by atoms with Gasteiger partial charge in [0, 0.05) is 14.0 Å². The van der Waals surface area contributed by atoms with Crippen LogP contribution in [0.1, 0.15) is 57.7 Å². The lowest BCUT2D eigenvalue weighted by atomic mass is 9.94. The largest absolute Gasteiger partial charge is 0.459 e. The van der Waals surface area contributed by atoms with Crippen molar-refractivity contribution in [1.29, 1.82) is 0 Å². The number of carbonyl (C=O) groups excluding carboxylic acids is 2. The summed E-state index contributed by atoms with van der Waals surface area (Å²) in [4.78, 5) is 25.2. The molecule has 0 saturated carbocycles. The molecule has 294 valence electrons. The highest BCUT2D eigenvalue weighted by Gasteiger charge is 2.52. The maximum absolute atomic E-state index is 13.5. The second-order valence-electron chi connectivity index (χ2n) is 14.4. The molecule has 0 spiro atoms. The smallest absolute Gasteiger partial charge is 0.303 e. The second kappa shape index (κ2) is 20.0. The Bertz CT molecular complexity index is 1580. The maximum Gasteiger partial charge on any atom is 0.303 e. The molecule has 12 heteroatoms. The zero-order valence-corrected chi connectivity index (χ0v) is 33.1. The van der Waals surface area contributed by atoms with Gasteiger partial charge in [0.1, 0.15) is 41.6 Å². The van der Waals surface area contributed by atoms with E-state index in [1.165, 1.54) is 6.92 Å². The Balaban J connectivity index is 1.44. The fraction of sp³-hybridized carbons (Fsp3) is 0.524. The van der Waals surface area contributed by atoms with Gasteiger partial charge in [-0.25, -0.2) is 0 Å². The van der Waals surface area contributed by atoms with Gasteiger partial charge in [-0.3, -0.25) is 9.59 Å². The highest BCUT2D eigenvalue weighted by Crippen LogP contribution is 2.37. The topological polar surface area (TPSA) is 120 Å². The molecule has 1 amide bonds. The van der Waals surface area contributed by atoms with Crippen molar-refractivity contribution in [3.05, 3.63) is 108 Å². The van der Waals surface area contributed by atoms with E-state index < -0.39 is 60.5 Å². The lowest BCUT2D eigenvalue weighted by Crippen LogP contribution is -2.67. The van der Waals surface area contributed by atoms with Crippen molar-refractivity contribution in [2.45, 2.75) is 127 Å². The molecule has 6 unspecified atom stereocenters. The number of ether oxygens (including phenoxy) is 8. The number of rotatable bonds is 17. The van der Waals surface area contributed by atoms with E-state index in [9.17, 15) is 9.59 Å². The van der Waals surface area contributed by atoms with Crippen LogP contribution in [0.3, 0.4) is 0 Å². The number of methoxy groups -OCH3 is 1. The van der Waals surface area contributed by atoms with Gasteiger partial charge in [-0.05, 0) is 50.6 Å². The summed E-state index contributed by atoms with van der Waals surface area (Å²) in [5.41, 5.74) is 1.59. The molecule has 54 heavy (non-hydrogen) atoms. The number of amides is 1. The summed E-state index contributed by atoms with van der Waals surface area (Å²) in [6.07, 6.45) is -3.20. The maximum atomic E-state index is 13.5. The first-order valence-electron chi connectivity index (χ1n) is 18.5. The van der Waals surface area contributed by atoms with Gasteiger partial charge in [-0.15, -0.1) is 11.8 Å². The normalized spacial score (nSPS) is 28.6. The van der Waals surface area contributed by atoms with Gasteiger partial charge < -0.3 is 43.2 Å². The Labute approximate surface area is 323 Å². The Morgan fingerprint density at radius 2 is 1.20 bits per heavy atom. The van der Waals surface area contributed by atoms with Crippen LogP contribution in [0, 0.1) is 0 Å². The SMILES string of the molecule is COC1C(OCc2ccccc2)[C@H](NC(=O)CC(C)(C)OC(C)=O)C(C)O[C@H]1OC1C(OCc2ccccc2)[C@H](SC)OC(C)[C@@H]1OCc1ccccc1. The standard InChI is InChI=1S/C42H55NO10S/c1-27-34(43-33(45)23-42(4,5)53-29(3)44)36(48-25-31-19-13-9-14-20-31)38(46-6)40(50-27)52-37-35(47-24-30-17-11-8-12-18-30)28(2)51-41(54-7)39(37)49-26-32-21-15-10-16-22-32/h8-22,27-28,34-41H,23-26H2,1-7H3,(H,43,45)/t27?,28?,34-,35+,36?,37?,38?,39?,40+,41+/m1/s1. The summed E-state index contributed by atoms with van der Waals surface area (Å²) in [5.74, 6) is -0.789. The number of benzene rings is 3. The highest BCUT2D eigenvalue weighted by atomic mass is 32.2. The van der Waals surface area contributed by atoms with Gasteiger partial charge >= 0.3 is 5.97 Å². The van der Waals surface area contributed by atoms with Crippen LogP contribution in [0.4, 0.5) is 0 Å². The van der Waals surface area contributed by atoms with Crippen LogP contribution >= 0.6 is 11.8 Å². The predicted octanol–water partition coefficient (Wildman–Crippen LogP) is 6.21. The summed E-state index contributed by atoms with van der Waals surface area (Å²) in [7, 11) is 1.58. The van der Waals surface area contributed by atoms with Crippen LogP contribution in [-0.4, -0.2) is 91.3 Å². The molecule has 3 aromatic carbocycles. The van der Waals surface area contributed by atoms with E-state index in [1.807, 2.05) is 111 Å². The minimum absolute atomic E-state index is 0.0598. The van der Waals surface area contributed by atoms with Gasteiger partial charge in [-0.2, -0.15) is 0 Å². The average Bonchev–Trinajstić information content (AvgIpc) is 3.14. The van der Waals surface area contributed by atoms with Crippen molar-refractivity contribution in [2.75, 3.05) is 13.4 Å². The first-order valence-corrected chi connectivity index (χ1v) is 19.7. The number of esters is 1. The number of hydrogen-bond acceptors (Lipinski definition) is 11. The fourth-order valence-corrected chi connectivity index (χ4v) is 7.77. The van der Waals surface area contributed by atoms with Crippen LogP contribution in [0.5, 0.6) is 0 Å². The van der Waals surface area contributed by atoms with Gasteiger partial charge in [0.15, 0.2) is 6.29 Å². The third kappa shape index (κ3) is 11.6. The minimum Gasteiger partial charge on any atom is -0.459 e. The van der Waals surface area contributed by atoms with Crippen LogP contribution < -0.4 is 5.32 Å². The molecule has 0 aliphatic carbocycles. The molecular weight excluding hydrogens is 711 g/mol. The average molecular weight is 766 g/mol. The summed E-state index contributed by atoms with van der Waals surface area (Å²) >= 11 is 1.55. The number of nitrogens with one attached hydrogen (secondary N) is 1. The van der Waals surface area contributed by atoms with Crippen LogP contribution in [0.2, 0.25) is 0 Å². The third-order valence-corrected chi connectivity index (χ3v) is 10.4. The molecule has 2 fully saturated rings. The van der Waals surface area contributed by atoms with E-state index in [2.05, 4.69) is 5.32 Å². The molecule has 0 radical (unpaired) electrons. The van der Waals surface area contributed by atoms with Crippen LogP contribution in [-0.2, 0) is 67.3 Å². The summed E-state index contributed by atoms with van der Waals surface area (Å²) < 4.78 is 51.6. The zero-order chi connectivity index (χ0) is 38.7. The van der Waals surface area contributed by atoms with Crippen molar-refractivity contribution in [3.8, 4) is 0 Å². The predicted molar refractivity (Wildman–Crippen MR) is 205 cm³/mol. The van der Waals surface area contributed by atoms with Crippen molar-refractivity contribution < 1.29 is 47.5 Å². The monoisotopic (exact) mass is 765 g/mol. The van der Waals surface area contributed by atoms with Crippen molar-refractivity contribution in [3.63, 3.8) is 0 Å². The third-order valence-electron chi connectivity index (χ3n) is 9.51. The Hall–Kier alpha value is -3.33. The first kappa shape index (κ1) is 41.8. The molecule has 0 bridgehead atoms. The van der Waals surface area contributed by atoms with Crippen molar-refractivity contribution in [2.24, 2.45) is 0 Å². The van der Waals surface area contributed by atoms with Crippen molar-refractivity contribution in [1.82, 2.24) is 5.32 Å². The first-order chi connectivity index (χ1) is 26.0. The van der Waals surface area contributed by atoms with Gasteiger partial charge in [0.2, 0.25) is 5.91 Å². The quantitative estimate of drug-likeness (QED) is 0.158. The van der Waals surface area contributed by atoms with Gasteiger partial charge in [0.05, 0.1) is 44.5 Å². The molecule has 10 atom stereocenters. The van der Waals surface area contributed by atoms with Gasteiger partial charge in [0.25, 0.3) is 0 Å². The van der Waals surface area contributed by atoms with E-state index in [0.29, 0.717) is 13.2 Å². The summed E-state index contributed by atoms with van der Waals surface area (Å²) in [5, 5.41) is 3.10. The fourth-order valence-electron chi connectivity index (χ4n) is 6.98. The molecule has 2 aliphatic heterocycles.